The number of carbonyl (C=O) groups excluding carboxylic acids is 1. The van der Waals surface area contributed by atoms with Crippen molar-refractivity contribution in [3.63, 3.8) is 0 Å². The van der Waals surface area contributed by atoms with Gasteiger partial charge in [-0.15, -0.1) is 0 Å². The van der Waals surface area contributed by atoms with Crippen LogP contribution in [0.3, 0.4) is 0 Å². The Balaban J connectivity index is 2.30. The molecule has 5 nitrogen and oxygen atoms in total. The molecule has 0 bridgehead atoms. The van der Waals surface area contributed by atoms with Gasteiger partial charge in [0.25, 0.3) is 0 Å². The van der Waals surface area contributed by atoms with E-state index in [1.54, 1.807) is 0 Å². The van der Waals surface area contributed by atoms with Crippen LogP contribution in [-0.4, -0.2) is 33.5 Å². The molecule has 1 N–H and O–H groups in total. The minimum Gasteiger partial charge on any atom is -0.490 e. The second kappa shape index (κ2) is 9.88. The Morgan fingerprint density at radius 3 is 2.67 bits per heavy atom. The zero-order valence-corrected chi connectivity index (χ0v) is 17.4. The summed E-state index contributed by atoms with van der Waals surface area (Å²) >= 11 is 0. The van der Waals surface area contributed by atoms with E-state index in [0.717, 1.165) is 37.0 Å². The summed E-state index contributed by atoms with van der Waals surface area (Å²) in [4.78, 5) is 17.6. The quantitative estimate of drug-likeness (QED) is 0.577. The third kappa shape index (κ3) is 5.55. The van der Waals surface area contributed by atoms with Gasteiger partial charge in [0, 0.05) is 19.2 Å². The van der Waals surface area contributed by atoms with Gasteiger partial charge in [0.1, 0.15) is 5.69 Å². The molecular formula is C22H34N2O3. The summed E-state index contributed by atoms with van der Waals surface area (Å²) in [6.45, 7) is 11.0. The van der Waals surface area contributed by atoms with E-state index in [0.29, 0.717) is 36.0 Å². The van der Waals surface area contributed by atoms with Gasteiger partial charge in [-0.3, -0.25) is 9.20 Å². The lowest BCUT2D eigenvalue weighted by Gasteiger charge is -2.13. The summed E-state index contributed by atoms with van der Waals surface area (Å²) in [6, 6.07) is 1.98. The molecule has 2 rings (SSSR count). The maximum atomic E-state index is 13.0. The predicted octanol–water partition coefficient (Wildman–Crippen LogP) is 4.75. The molecule has 1 atom stereocenters. The van der Waals surface area contributed by atoms with Gasteiger partial charge in [0.2, 0.25) is 0 Å². The molecule has 5 heteroatoms. The van der Waals surface area contributed by atoms with Crippen LogP contribution in [0.1, 0.15) is 74.6 Å². The molecule has 0 radical (unpaired) electrons. The Morgan fingerprint density at radius 1 is 1.30 bits per heavy atom. The molecule has 0 fully saturated rings. The fourth-order valence-corrected chi connectivity index (χ4v) is 3.31. The number of carbonyl (C=O) groups is 1. The fraction of sp³-hybridized carbons (Fsp3) is 0.636. The number of imidazole rings is 1. The average molecular weight is 375 g/mol. The van der Waals surface area contributed by atoms with Crippen LogP contribution in [0.2, 0.25) is 0 Å². The lowest BCUT2D eigenvalue weighted by molar-refractivity contribution is 0.0923. The van der Waals surface area contributed by atoms with Crippen LogP contribution in [0.5, 0.6) is 5.75 Å². The molecular weight excluding hydrogens is 340 g/mol. The standard InChI is InChI=1S/C22H34N2O3/c1-6-7-8-18(14-25)12-19(26)21-17(5)23-22-20(27-10-9-15(2)3)11-16(4)13-24(21)22/h11,13,15,18,25H,6-10,12,14H2,1-5H3. The predicted molar refractivity (Wildman–Crippen MR) is 109 cm³/mol. The van der Waals surface area contributed by atoms with Crippen molar-refractivity contribution >= 4 is 11.4 Å². The summed E-state index contributed by atoms with van der Waals surface area (Å²) in [5, 5.41) is 9.62. The van der Waals surface area contributed by atoms with Crippen molar-refractivity contribution in [3.05, 3.63) is 29.2 Å². The van der Waals surface area contributed by atoms with Crippen LogP contribution < -0.4 is 4.74 Å². The maximum Gasteiger partial charge on any atom is 0.181 e. The molecule has 1 unspecified atom stereocenters. The van der Waals surface area contributed by atoms with Crippen LogP contribution in [0.15, 0.2) is 12.3 Å². The molecule has 0 spiro atoms. The van der Waals surface area contributed by atoms with E-state index >= 15 is 0 Å². The van der Waals surface area contributed by atoms with Crippen molar-refractivity contribution in [3.8, 4) is 5.75 Å². The summed E-state index contributed by atoms with van der Waals surface area (Å²) in [7, 11) is 0. The maximum absolute atomic E-state index is 13.0. The van der Waals surface area contributed by atoms with Gasteiger partial charge < -0.3 is 9.84 Å². The third-order valence-corrected chi connectivity index (χ3v) is 4.91. The number of aromatic nitrogens is 2. The number of ketones is 1. The number of fused-ring (bicyclic) bond motifs is 1. The Labute approximate surface area is 162 Å². The van der Waals surface area contributed by atoms with Crippen molar-refractivity contribution in [1.29, 1.82) is 0 Å². The Kier molecular flexibility index (Phi) is 7.84. The number of Topliss-reactive ketones (excluding diaryl/α,β-unsaturated/α-hetero) is 1. The molecule has 0 saturated carbocycles. The normalized spacial score (nSPS) is 12.7. The van der Waals surface area contributed by atoms with Crippen molar-refractivity contribution in [2.45, 2.75) is 66.7 Å². The molecule has 0 aliphatic heterocycles. The first kappa shape index (κ1) is 21.4. The number of pyridine rings is 1. The zero-order chi connectivity index (χ0) is 20.0. The van der Waals surface area contributed by atoms with Crippen LogP contribution >= 0.6 is 0 Å². The number of aliphatic hydroxyl groups excluding tert-OH is 1. The van der Waals surface area contributed by atoms with Crippen molar-refractivity contribution in [2.24, 2.45) is 11.8 Å². The SMILES string of the molecule is CCCCC(CO)CC(=O)c1c(C)nc2c(OCCC(C)C)cc(C)cn12. The number of ether oxygens (including phenoxy) is 1. The molecule has 27 heavy (non-hydrogen) atoms. The Hall–Kier alpha value is -1.88. The van der Waals surface area contributed by atoms with Crippen LogP contribution in [0.4, 0.5) is 0 Å². The number of rotatable bonds is 11. The second-order valence-electron chi connectivity index (χ2n) is 7.97. The second-order valence-corrected chi connectivity index (χ2v) is 7.97. The summed E-state index contributed by atoms with van der Waals surface area (Å²) in [6.07, 6.45) is 6.23. The van der Waals surface area contributed by atoms with Gasteiger partial charge in [-0.05, 0) is 50.2 Å². The molecule has 0 saturated heterocycles. The van der Waals surface area contributed by atoms with Gasteiger partial charge in [-0.1, -0.05) is 33.6 Å². The van der Waals surface area contributed by atoms with Crippen LogP contribution in [0, 0.1) is 25.7 Å². The van der Waals surface area contributed by atoms with Crippen molar-refractivity contribution in [2.75, 3.05) is 13.2 Å². The molecule has 2 heterocycles. The minimum absolute atomic E-state index is 0.00831. The van der Waals surface area contributed by atoms with Crippen molar-refractivity contribution < 1.29 is 14.6 Å². The molecule has 0 aromatic carbocycles. The number of aryl methyl sites for hydroxylation is 2. The highest BCUT2D eigenvalue weighted by molar-refractivity contribution is 5.97. The molecule has 0 aliphatic rings. The van der Waals surface area contributed by atoms with E-state index in [1.807, 2.05) is 30.5 Å². The molecule has 2 aromatic rings. The molecule has 0 amide bonds. The number of aliphatic hydroxyl groups is 1. The van der Waals surface area contributed by atoms with Crippen LogP contribution in [0.25, 0.3) is 5.65 Å². The van der Waals surface area contributed by atoms with E-state index in [1.165, 1.54) is 0 Å². The lowest BCUT2D eigenvalue weighted by Crippen LogP contribution is -2.15. The summed E-state index contributed by atoms with van der Waals surface area (Å²) < 4.78 is 7.85. The first-order chi connectivity index (χ1) is 12.9. The zero-order valence-electron chi connectivity index (χ0n) is 17.4. The number of hydrogen-bond acceptors (Lipinski definition) is 4. The van der Waals surface area contributed by atoms with Gasteiger partial charge in [0.05, 0.1) is 12.3 Å². The van der Waals surface area contributed by atoms with Gasteiger partial charge in [-0.2, -0.15) is 0 Å². The smallest absolute Gasteiger partial charge is 0.181 e. The number of nitrogens with zero attached hydrogens (tertiary/aromatic N) is 2. The highest BCUT2D eigenvalue weighted by Crippen LogP contribution is 2.26. The van der Waals surface area contributed by atoms with E-state index in [4.69, 9.17) is 4.74 Å². The Bertz CT molecular complexity index is 764. The lowest BCUT2D eigenvalue weighted by atomic mass is 9.95. The first-order valence-corrected chi connectivity index (χ1v) is 10.1. The first-order valence-electron chi connectivity index (χ1n) is 10.1. The average Bonchev–Trinajstić information content (AvgIpc) is 2.94. The molecule has 150 valence electrons. The highest BCUT2D eigenvalue weighted by Gasteiger charge is 2.22. The highest BCUT2D eigenvalue weighted by atomic mass is 16.5. The fourth-order valence-electron chi connectivity index (χ4n) is 3.31. The monoisotopic (exact) mass is 374 g/mol. The van der Waals surface area contributed by atoms with Gasteiger partial charge in [-0.25, -0.2) is 4.98 Å². The van der Waals surface area contributed by atoms with E-state index in [-0.39, 0.29) is 18.3 Å². The largest absolute Gasteiger partial charge is 0.490 e. The van der Waals surface area contributed by atoms with Gasteiger partial charge in [0.15, 0.2) is 17.2 Å². The van der Waals surface area contributed by atoms with Crippen molar-refractivity contribution in [1.82, 2.24) is 9.38 Å². The number of hydrogen-bond donors (Lipinski definition) is 1. The summed E-state index contributed by atoms with van der Waals surface area (Å²) in [5.41, 5.74) is 3.04. The Morgan fingerprint density at radius 2 is 2.04 bits per heavy atom. The van der Waals surface area contributed by atoms with E-state index in [2.05, 4.69) is 25.8 Å². The minimum atomic E-state index is 0.00831. The van der Waals surface area contributed by atoms with E-state index < -0.39 is 0 Å². The molecule has 2 aromatic heterocycles. The van der Waals surface area contributed by atoms with Crippen LogP contribution in [-0.2, 0) is 0 Å². The van der Waals surface area contributed by atoms with Gasteiger partial charge >= 0.3 is 0 Å². The van der Waals surface area contributed by atoms with E-state index in [9.17, 15) is 9.90 Å². The third-order valence-electron chi connectivity index (χ3n) is 4.91. The summed E-state index contributed by atoms with van der Waals surface area (Å²) in [5.74, 6) is 1.34. The molecule has 0 aliphatic carbocycles. The topological polar surface area (TPSA) is 63.8 Å². The number of unbranched alkanes of at least 4 members (excludes halogenated alkanes) is 1.